The number of nitrogens with one attached hydrogen (secondary N) is 2. The van der Waals surface area contributed by atoms with Crippen LogP contribution in [0.2, 0.25) is 0 Å². The van der Waals surface area contributed by atoms with Crippen LogP contribution in [0.3, 0.4) is 0 Å². The third-order valence-corrected chi connectivity index (χ3v) is 6.13. The zero-order valence-corrected chi connectivity index (χ0v) is 16.9. The first-order chi connectivity index (χ1) is 15.2. The summed E-state index contributed by atoms with van der Waals surface area (Å²) < 4.78 is 42.2. The van der Waals surface area contributed by atoms with Gasteiger partial charge in [-0.25, -0.2) is 13.2 Å². The molecule has 2 unspecified atom stereocenters. The van der Waals surface area contributed by atoms with Crippen LogP contribution >= 0.6 is 0 Å². The van der Waals surface area contributed by atoms with Crippen molar-refractivity contribution >= 4 is 11.8 Å². The van der Waals surface area contributed by atoms with Crippen molar-refractivity contribution in [3.8, 4) is 5.75 Å². The molecule has 2 amide bonds. The summed E-state index contributed by atoms with van der Waals surface area (Å²) in [4.78, 5) is 37.6. The zero-order valence-electron chi connectivity index (χ0n) is 16.9. The Hall–Kier alpha value is -3.56. The van der Waals surface area contributed by atoms with Crippen LogP contribution in [0.15, 0.2) is 35.8 Å². The van der Waals surface area contributed by atoms with Crippen LogP contribution in [0.1, 0.15) is 45.7 Å². The van der Waals surface area contributed by atoms with Crippen LogP contribution in [0.5, 0.6) is 5.75 Å². The molecule has 2 aliphatic rings. The number of pyridine rings is 1. The number of benzene rings is 1. The molecule has 4 rings (SSSR count). The Balaban J connectivity index is 1.67. The van der Waals surface area contributed by atoms with Gasteiger partial charge in [-0.1, -0.05) is 6.08 Å². The highest BCUT2D eigenvalue weighted by Gasteiger charge is 2.58. The fourth-order valence-electron chi connectivity index (χ4n) is 4.31. The monoisotopic (exact) mass is 447 g/mol. The van der Waals surface area contributed by atoms with E-state index in [1.807, 2.05) is 0 Å². The Kier molecular flexibility index (Phi) is 5.31. The van der Waals surface area contributed by atoms with E-state index < -0.39 is 63.7 Å². The van der Waals surface area contributed by atoms with Gasteiger partial charge in [0.15, 0.2) is 11.4 Å². The molecule has 1 aliphatic carbocycles. The molecule has 168 valence electrons. The van der Waals surface area contributed by atoms with Crippen molar-refractivity contribution in [3.05, 3.63) is 75.5 Å². The van der Waals surface area contributed by atoms with Crippen molar-refractivity contribution in [2.45, 2.75) is 31.3 Å². The highest BCUT2D eigenvalue weighted by atomic mass is 19.1. The molecule has 0 radical (unpaired) electrons. The number of nitrogens with zero attached hydrogens (tertiary/aromatic N) is 1. The van der Waals surface area contributed by atoms with E-state index in [-0.39, 0.29) is 18.2 Å². The first kappa shape index (κ1) is 21.7. The van der Waals surface area contributed by atoms with Gasteiger partial charge >= 0.3 is 0 Å². The minimum absolute atomic E-state index is 0.139. The average molecular weight is 447 g/mol. The molecule has 2 heterocycles. The fraction of sp³-hybridized carbons (Fsp3) is 0.318. The van der Waals surface area contributed by atoms with Crippen LogP contribution in [0, 0.1) is 23.4 Å². The number of carbonyl (C=O) groups is 2. The van der Waals surface area contributed by atoms with Gasteiger partial charge in [-0.2, -0.15) is 0 Å². The van der Waals surface area contributed by atoms with Gasteiger partial charge in [-0.15, -0.1) is 6.58 Å². The summed E-state index contributed by atoms with van der Waals surface area (Å²) in [7, 11) is 0. The molecule has 3 N–H and O–H groups in total. The SMILES string of the molecule is C=CCCC1CC12CNC(=O)c1c(O)c(=O)c(C(=O)NCc3c(F)cc(F)cc3F)cn12. The summed E-state index contributed by atoms with van der Waals surface area (Å²) in [6.07, 6.45) is 5.16. The van der Waals surface area contributed by atoms with Gasteiger partial charge in [-0.3, -0.25) is 14.4 Å². The van der Waals surface area contributed by atoms with E-state index in [0.717, 1.165) is 12.8 Å². The normalized spacial score (nSPS) is 21.1. The molecule has 2 atom stereocenters. The van der Waals surface area contributed by atoms with E-state index in [1.165, 1.54) is 10.8 Å². The highest BCUT2D eigenvalue weighted by molar-refractivity contribution is 5.99. The molecule has 32 heavy (non-hydrogen) atoms. The van der Waals surface area contributed by atoms with E-state index in [9.17, 15) is 32.7 Å². The highest BCUT2D eigenvalue weighted by Crippen LogP contribution is 2.54. The molecule has 1 fully saturated rings. The largest absolute Gasteiger partial charge is 0.503 e. The molecular formula is C22H20F3N3O4. The van der Waals surface area contributed by atoms with Gasteiger partial charge in [0.25, 0.3) is 11.8 Å². The number of aromatic hydroxyl groups is 1. The Morgan fingerprint density at radius 3 is 2.66 bits per heavy atom. The van der Waals surface area contributed by atoms with E-state index >= 15 is 0 Å². The molecular weight excluding hydrogens is 427 g/mol. The third kappa shape index (κ3) is 3.45. The summed E-state index contributed by atoms with van der Waals surface area (Å²) in [6.45, 7) is 3.32. The van der Waals surface area contributed by atoms with Crippen LogP contribution in [0.4, 0.5) is 13.2 Å². The standard InChI is InChI=1S/C22H20F3N3O4/c1-2-3-4-11-7-22(11)10-27-21(32)17-19(30)18(29)14(9-28(17)22)20(31)26-8-13-15(24)5-12(23)6-16(13)25/h2,5-6,9,11,30H,1,3-4,7-8,10H2,(H,26,31)(H,27,32). The molecule has 10 heteroatoms. The predicted molar refractivity (Wildman–Crippen MR) is 108 cm³/mol. The van der Waals surface area contributed by atoms with Crippen molar-refractivity contribution < 1.29 is 27.9 Å². The van der Waals surface area contributed by atoms with Crippen molar-refractivity contribution in [2.75, 3.05) is 6.54 Å². The third-order valence-electron chi connectivity index (χ3n) is 6.13. The van der Waals surface area contributed by atoms with Gasteiger partial charge in [0.05, 0.1) is 5.54 Å². The minimum atomic E-state index is -1.19. The van der Waals surface area contributed by atoms with E-state index in [0.29, 0.717) is 18.6 Å². The number of hydrogen-bond acceptors (Lipinski definition) is 4. The molecule has 1 aromatic heterocycles. The first-order valence-electron chi connectivity index (χ1n) is 9.99. The fourth-order valence-corrected chi connectivity index (χ4v) is 4.31. The van der Waals surface area contributed by atoms with Crippen LogP contribution in [-0.2, 0) is 12.1 Å². The number of fused-ring (bicyclic) bond motifs is 2. The number of rotatable bonds is 6. The lowest BCUT2D eigenvalue weighted by molar-refractivity contribution is 0.0889. The lowest BCUT2D eigenvalue weighted by Crippen LogP contribution is -2.47. The second-order valence-corrected chi connectivity index (χ2v) is 8.02. The molecule has 2 aromatic rings. The number of amides is 2. The molecule has 0 saturated heterocycles. The second-order valence-electron chi connectivity index (χ2n) is 8.02. The molecule has 1 aromatic carbocycles. The summed E-state index contributed by atoms with van der Waals surface area (Å²) in [5.74, 6) is -5.84. The Bertz CT molecular complexity index is 1190. The predicted octanol–water partition coefficient (Wildman–Crippen LogP) is 2.33. The van der Waals surface area contributed by atoms with E-state index in [1.54, 1.807) is 6.08 Å². The first-order valence-corrected chi connectivity index (χ1v) is 9.99. The van der Waals surface area contributed by atoms with Crippen LogP contribution in [0.25, 0.3) is 0 Å². The minimum Gasteiger partial charge on any atom is -0.503 e. The van der Waals surface area contributed by atoms with Gasteiger partial charge in [0.2, 0.25) is 5.43 Å². The van der Waals surface area contributed by atoms with E-state index in [4.69, 9.17) is 0 Å². The number of hydrogen-bond donors (Lipinski definition) is 3. The van der Waals surface area contributed by atoms with Crippen molar-refractivity contribution in [1.29, 1.82) is 0 Å². The molecule has 0 bridgehead atoms. The summed E-state index contributed by atoms with van der Waals surface area (Å²) in [6, 6.07) is 0.950. The van der Waals surface area contributed by atoms with Crippen molar-refractivity contribution in [3.63, 3.8) is 0 Å². The van der Waals surface area contributed by atoms with E-state index in [2.05, 4.69) is 17.2 Å². The lowest BCUT2D eigenvalue weighted by atomic mass is 10.0. The van der Waals surface area contributed by atoms with Crippen LogP contribution < -0.4 is 16.1 Å². The lowest BCUT2D eigenvalue weighted by Gasteiger charge is -2.31. The Labute approximate surface area is 180 Å². The quantitative estimate of drug-likeness (QED) is 0.592. The molecule has 1 aliphatic heterocycles. The number of carbonyl (C=O) groups excluding carboxylic acids is 2. The molecule has 1 spiro atoms. The molecule has 1 saturated carbocycles. The van der Waals surface area contributed by atoms with Gasteiger partial charge < -0.3 is 20.3 Å². The number of allylic oxidation sites excluding steroid dienone is 1. The molecule has 7 nitrogen and oxygen atoms in total. The summed E-state index contributed by atoms with van der Waals surface area (Å²) >= 11 is 0. The topological polar surface area (TPSA) is 100 Å². The maximum atomic E-state index is 13.8. The average Bonchev–Trinajstić information content (AvgIpc) is 3.44. The van der Waals surface area contributed by atoms with Crippen molar-refractivity contribution in [2.24, 2.45) is 5.92 Å². The van der Waals surface area contributed by atoms with Gasteiger partial charge in [0.1, 0.15) is 23.0 Å². The summed E-state index contributed by atoms with van der Waals surface area (Å²) in [5.41, 5.74) is -2.94. The zero-order chi connectivity index (χ0) is 23.2. The van der Waals surface area contributed by atoms with Gasteiger partial charge in [0, 0.05) is 37.0 Å². The smallest absolute Gasteiger partial charge is 0.272 e. The van der Waals surface area contributed by atoms with Gasteiger partial charge in [-0.05, 0) is 25.2 Å². The number of halogens is 3. The second kappa shape index (κ2) is 7.85. The number of aromatic nitrogens is 1. The Morgan fingerprint density at radius 1 is 1.31 bits per heavy atom. The maximum Gasteiger partial charge on any atom is 0.272 e. The van der Waals surface area contributed by atoms with Crippen LogP contribution in [-0.4, -0.2) is 28.0 Å². The van der Waals surface area contributed by atoms with Crippen molar-refractivity contribution in [1.82, 2.24) is 15.2 Å². The summed E-state index contributed by atoms with van der Waals surface area (Å²) in [5, 5.41) is 15.3. The Morgan fingerprint density at radius 2 is 2.00 bits per heavy atom. The maximum absolute atomic E-state index is 13.8.